The van der Waals surface area contributed by atoms with Crippen LogP contribution in [0.25, 0.3) is 16.8 Å². The molecule has 1 saturated heterocycles. The smallest absolute Gasteiger partial charge is 0.178 e. The van der Waals surface area contributed by atoms with Crippen molar-refractivity contribution in [3.63, 3.8) is 0 Å². The number of benzene rings is 4. The summed E-state index contributed by atoms with van der Waals surface area (Å²) in [7, 11) is 0. The molecule has 6 rings (SSSR count). The first kappa shape index (κ1) is 33.3. The molecule has 4 aromatic rings. The zero-order valence-corrected chi connectivity index (χ0v) is 26.9. The van der Waals surface area contributed by atoms with Crippen LogP contribution in [0, 0.1) is 0 Å². The summed E-state index contributed by atoms with van der Waals surface area (Å²) in [5.74, 6) is 0.817. The van der Waals surface area contributed by atoms with Gasteiger partial charge in [-0.15, -0.1) is 0 Å². The Bertz CT molecular complexity index is 1480. The third-order valence-electron chi connectivity index (χ3n) is 8.20. The van der Waals surface area contributed by atoms with Gasteiger partial charge in [-0.2, -0.15) is 0 Å². The molecule has 2 aliphatic heterocycles. The van der Waals surface area contributed by atoms with Crippen molar-refractivity contribution in [3.05, 3.63) is 119 Å². The van der Waals surface area contributed by atoms with E-state index in [1.165, 1.54) is 0 Å². The molecule has 0 aromatic heterocycles. The van der Waals surface area contributed by atoms with E-state index in [0.717, 1.165) is 38.8 Å². The second-order valence-electron chi connectivity index (χ2n) is 11.4. The van der Waals surface area contributed by atoms with Gasteiger partial charge in [0.15, 0.2) is 5.60 Å². The quantitative estimate of drug-likeness (QED) is 0.247. The molecule has 0 N–H and O–H groups in total. The van der Waals surface area contributed by atoms with E-state index >= 15 is 0 Å². The van der Waals surface area contributed by atoms with Gasteiger partial charge in [0, 0.05) is 22.3 Å². The molecular weight excluding hydrogens is 596 g/mol. The van der Waals surface area contributed by atoms with Gasteiger partial charge in [0.25, 0.3) is 0 Å². The summed E-state index contributed by atoms with van der Waals surface area (Å²) in [5, 5.41) is 2.27. The van der Waals surface area contributed by atoms with Crippen LogP contribution in [0.5, 0.6) is 5.75 Å². The van der Waals surface area contributed by atoms with Gasteiger partial charge in [-0.1, -0.05) is 84.9 Å². The highest BCUT2D eigenvalue weighted by Gasteiger charge is 2.38. The Morgan fingerprint density at radius 3 is 1.81 bits per heavy atom. The Hall–Kier alpha value is -3.60. The summed E-state index contributed by atoms with van der Waals surface area (Å²) in [5.41, 5.74) is 3.35. The molecule has 248 valence electrons. The van der Waals surface area contributed by atoms with Crippen LogP contribution in [-0.2, 0) is 45.4 Å². The molecule has 8 nitrogen and oxygen atoms in total. The number of rotatable bonds is 6. The van der Waals surface area contributed by atoms with Crippen LogP contribution in [-0.4, -0.2) is 85.4 Å². The zero-order valence-electron chi connectivity index (χ0n) is 26.9. The summed E-state index contributed by atoms with van der Waals surface area (Å²) >= 11 is 0. The van der Waals surface area contributed by atoms with Crippen molar-refractivity contribution in [2.24, 2.45) is 0 Å². The van der Waals surface area contributed by atoms with Crippen molar-refractivity contribution in [1.82, 2.24) is 0 Å². The van der Waals surface area contributed by atoms with E-state index in [2.05, 4.69) is 91.0 Å². The fourth-order valence-electron chi connectivity index (χ4n) is 5.87. The first-order chi connectivity index (χ1) is 23.3. The number of hydrogen-bond acceptors (Lipinski definition) is 8. The van der Waals surface area contributed by atoms with E-state index in [1.54, 1.807) is 0 Å². The SMILES string of the molecule is C1=CC(c2ccccc2)(c2ccccc2)Oc2c(COCC3COCCOCCOCCOCCOCCO3)cc3ccccc3c21. The van der Waals surface area contributed by atoms with Gasteiger partial charge in [0.05, 0.1) is 85.9 Å². The van der Waals surface area contributed by atoms with E-state index < -0.39 is 5.60 Å². The van der Waals surface area contributed by atoms with Crippen molar-refractivity contribution < 1.29 is 37.9 Å². The minimum absolute atomic E-state index is 0.276. The second kappa shape index (κ2) is 17.5. The van der Waals surface area contributed by atoms with Crippen molar-refractivity contribution in [2.75, 3.05) is 79.3 Å². The van der Waals surface area contributed by atoms with Gasteiger partial charge in [-0.25, -0.2) is 0 Å². The Labute approximate surface area is 277 Å². The molecule has 2 heterocycles. The molecule has 1 unspecified atom stereocenters. The van der Waals surface area contributed by atoms with E-state index in [-0.39, 0.29) is 6.10 Å². The van der Waals surface area contributed by atoms with Crippen LogP contribution in [0.3, 0.4) is 0 Å². The predicted octanol–water partition coefficient (Wildman–Crippen LogP) is 6.19. The number of ether oxygens (including phenoxy) is 8. The molecule has 0 saturated carbocycles. The first-order valence-corrected chi connectivity index (χ1v) is 16.5. The molecule has 0 aliphatic carbocycles. The predicted molar refractivity (Wildman–Crippen MR) is 181 cm³/mol. The molecule has 1 fully saturated rings. The topological polar surface area (TPSA) is 73.8 Å². The molecular formula is C39H44O8. The lowest BCUT2D eigenvalue weighted by atomic mass is 9.82. The molecule has 0 spiro atoms. The van der Waals surface area contributed by atoms with Crippen LogP contribution < -0.4 is 4.74 Å². The molecule has 0 bridgehead atoms. The molecule has 2 aliphatic rings. The lowest BCUT2D eigenvalue weighted by molar-refractivity contribution is -0.0867. The van der Waals surface area contributed by atoms with E-state index in [0.29, 0.717) is 85.9 Å². The highest BCUT2D eigenvalue weighted by molar-refractivity contribution is 5.95. The van der Waals surface area contributed by atoms with Gasteiger partial charge in [-0.3, -0.25) is 0 Å². The third-order valence-corrected chi connectivity index (χ3v) is 8.20. The summed E-state index contributed by atoms with van der Waals surface area (Å²) in [4.78, 5) is 0. The average Bonchev–Trinajstić information content (AvgIpc) is 3.12. The van der Waals surface area contributed by atoms with Crippen LogP contribution in [0.1, 0.15) is 22.3 Å². The normalized spacial score (nSPS) is 20.0. The van der Waals surface area contributed by atoms with E-state index in [1.807, 2.05) is 12.1 Å². The summed E-state index contributed by atoms with van der Waals surface area (Å²) in [6.07, 6.45) is 4.10. The van der Waals surface area contributed by atoms with Gasteiger partial charge in [-0.05, 0) is 29.0 Å². The maximum absolute atomic E-state index is 7.15. The van der Waals surface area contributed by atoms with Crippen LogP contribution in [0.2, 0.25) is 0 Å². The van der Waals surface area contributed by atoms with Crippen molar-refractivity contribution in [3.8, 4) is 5.75 Å². The molecule has 4 aromatic carbocycles. The van der Waals surface area contributed by atoms with Gasteiger partial charge in [0.1, 0.15) is 11.9 Å². The summed E-state index contributed by atoms with van der Waals surface area (Å²) < 4.78 is 47.9. The largest absolute Gasteiger partial charge is 0.473 e. The minimum Gasteiger partial charge on any atom is -0.473 e. The Morgan fingerprint density at radius 2 is 1.17 bits per heavy atom. The second-order valence-corrected chi connectivity index (χ2v) is 11.4. The monoisotopic (exact) mass is 640 g/mol. The number of fused-ring (bicyclic) bond motifs is 3. The Morgan fingerprint density at radius 1 is 0.617 bits per heavy atom. The van der Waals surface area contributed by atoms with Gasteiger partial charge >= 0.3 is 0 Å². The molecule has 1 atom stereocenters. The number of hydrogen-bond donors (Lipinski definition) is 0. The molecule has 8 heteroatoms. The Balaban J connectivity index is 1.19. The highest BCUT2D eigenvalue weighted by Crippen LogP contribution is 2.46. The lowest BCUT2D eigenvalue weighted by Crippen LogP contribution is -2.34. The maximum Gasteiger partial charge on any atom is 0.178 e. The van der Waals surface area contributed by atoms with E-state index in [4.69, 9.17) is 37.9 Å². The van der Waals surface area contributed by atoms with Crippen LogP contribution in [0.15, 0.2) is 97.1 Å². The minimum atomic E-state index is -0.788. The average molecular weight is 641 g/mol. The van der Waals surface area contributed by atoms with Crippen LogP contribution >= 0.6 is 0 Å². The summed E-state index contributed by atoms with van der Waals surface area (Å²) in [6.45, 7) is 6.00. The fourth-order valence-corrected chi connectivity index (χ4v) is 5.87. The maximum atomic E-state index is 7.15. The van der Waals surface area contributed by atoms with E-state index in [9.17, 15) is 0 Å². The van der Waals surface area contributed by atoms with Gasteiger partial charge < -0.3 is 37.9 Å². The lowest BCUT2D eigenvalue weighted by Gasteiger charge is -2.37. The highest BCUT2D eigenvalue weighted by atomic mass is 16.6. The molecule has 0 radical (unpaired) electrons. The van der Waals surface area contributed by atoms with Crippen molar-refractivity contribution >= 4 is 16.8 Å². The van der Waals surface area contributed by atoms with Crippen molar-refractivity contribution in [1.29, 1.82) is 0 Å². The summed E-state index contributed by atoms with van der Waals surface area (Å²) in [6, 6.07) is 31.3. The Kier molecular flexibility index (Phi) is 12.4. The fraction of sp³-hybridized carbons (Fsp3) is 0.385. The zero-order chi connectivity index (χ0) is 32.0. The van der Waals surface area contributed by atoms with Crippen LogP contribution in [0.4, 0.5) is 0 Å². The standard InChI is InChI=1S/C39H44O8/c1-3-10-33(11-4-1)39(34-12-5-2-6-13-34)16-15-37-36-14-8-7-9-31(36)27-32(38(37)47-39)28-45-30-35-29-44-24-23-42-20-19-40-17-18-41-21-22-43-25-26-46-35/h1-16,27,35H,17-26,28-30H2. The first-order valence-electron chi connectivity index (χ1n) is 16.5. The molecule has 0 amide bonds. The van der Waals surface area contributed by atoms with Crippen molar-refractivity contribution in [2.45, 2.75) is 18.3 Å². The third kappa shape index (κ3) is 8.86. The van der Waals surface area contributed by atoms with Gasteiger partial charge in [0.2, 0.25) is 0 Å². The molecule has 47 heavy (non-hydrogen) atoms.